The summed E-state index contributed by atoms with van der Waals surface area (Å²) in [5, 5.41) is 17.5. The van der Waals surface area contributed by atoms with E-state index < -0.39 is 5.41 Å². The third kappa shape index (κ3) is 3.90. The summed E-state index contributed by atoms with van der Waals surface area (Å²) < 4.78 is 5.67. The predicted molar refractivity (Wildman–Crippen MR) is 129 cm³/mol. The van der Waals surface area contributed by atoms with Crippen molar-refractivity contribution in [2.45, 2.75) is 32.1 Å². The maximum atomic E-state index is 9.94. The number of hydrogen-bond donors (Lipinski definition) is 1. The van der Waals surface area contributed by atoms with Crippen molar-refractivity contribution >= 4 is 0 Å². The van der Waals surface area contributed by atoms with E-state index in [0.29, 0.717) is 17.1 Å². The number of nitriles is 1. The highest BCUT2D eigenvalue weighted by Crippen LogP contribution is 2.34. The molecule has 1 N–H and O–H groups in total. The van der Waals surface area contributed by atoms with E-state index in [-0.39, 0.29) is 2.85 Å². The number of rotatable bonds is 4. The number of piperidine rings is 1. The van der Waals surface area contributed by atoms with Crippen molar-refractivity contribution in [2.24, 2.45) is 0 Å². The topological polar surface area (TPSA) is 101 Å². The lowest BCUT2D eigenvalue weighted by Crippen LogP contribution is -2.39. The molecule has 0 saturated carbocycles. The maximum Gasteiger partial charge on any atom is 0.187 e. The van der Waals surface area contributed by atoms with Crippen molar-refractivity contribution < 1.29 is 7.38 Å². The van der Waals surface area contributed by atoms with Crippen LogP contribution in [0.25, 0.3) is 34.0 Å². The van der Waals surface area contributed by atoms with E-state index in [1.807, 2.05) is 56.3 Å². The number of hydrogen-bond acceptors (Lipinski definition) is 7. The molecule has 0 aliphatic carbocycles. The Balaban J connectivity index is 0.00000171. The molecule has 1 saturated heterocycles. The Labute approximate surface area is 195 Å². The molecule has 7 heteroatoms. The van der Waals surface area contributed by atoms with Crippen LogP contribution in [0.5, 0.6) is 0 Å². The van der Waals surface area contributed by atoms with E-state index in [1.54, 1.807) is 12.4 Å². The van der Waals surface area contributed by atoms with Crippen LogP contribution in [-0.2, 0) is 5.41 Å². The van der Waals surface area contributed by atoms with Crippen molar-refractivity contribution in [1.82, 2.24) is 25.4 Å². The molecular weight excluding hydrogens is 412 g/mol. The molecule has 3 aromatic heterocycles. The summed E-state index contributed by atoms with van der Waals surface area (Å²) in [6.07, 6.45) is 4.98. The van der Waals surface area contributed by atoms with E-state index in [2.05, 4.69) is 26.5 Å². The van der Waals surface area contributed by atoms with Gasteiger partial charge in [0, 0.05) is 26.2 Å². The average Bonchev–Trinajstić information content (AvgIpc) is 3.35. The Morgan fingerprint density at radius 3 is 2.67 bits per heavy atom. The minimum absolute atomic E-state index is 0. The fourth-order valence-corrected chi connectivity index (χ4v) is 4.33. The molecule has 1 aliphatic rings. The molecule has 1 aliphatic heterocycles. The summed E-state index contributed by atoms with van der Waals surface area (Å²) in [5.74, 6) is 0.571. The first-order valence-corrected chi connectivity index (χ1v) is 11.1. The highest BCUT2D eigenvalue weighted by atomic mass is 16.5. The molecule has 0 atom stereocenters. The Morgan fingerprint density at radius 1 is 1.06 bits per heavy atom. The second-order valence-corrected chi connectivity index (χ2v) is 8.45. The van der Waals surface area contributed by atoms with Crippen molar-refractivity contribution in [2.75, 3.05) is 13.1 Å². The molecule has 168 valence electrons. The Bertz CT molecular complexity index is 1360. The van der Waals surface area contributed by atoms with Gasteiger partial charge in [0.2, 0.25) is 0 Å². The van der Waals surface area contributed by atoms with Gasteiger partial charge in [0.05, 0.1) is 29.3 Å². The van der Waals surface area contributed by atoms with Gasteiger partial charge in [0.15, 0.2) is 5.76 Å². The van der Waals surface area contributed by atoms with Crippen LogP contribution in [0.4, 0.5) is 0 Å². The highest BCUT2D eigenvalue weighted by Gasteiger charge is 2.35. The number of pyridine rings is 1. The van der Waals surface area contributed by atoms with Crippen LogP contribution in [0.2, 0.25) is 0 Å². The lowest BCUT2D eigenvalue weighted by Gasteiger charge is -2.30. The summed E-state index contributed by atoms with van der Waals surface area (Å²) >= 11 is 0. The van der Waals surface area contributed by atoms with Gasteiger partial charge in [0.1, 0.15) is 16.8 Å². The summed E-state index contributed by atoms with van der Waals surface area (Å²) in [5.41, 5.74) is 6.12. The van der Waals surface area contributed by atoms with Gasteiger partial charge in [-0.2, -0.15) is 5.26 Å². The van der Waals surface area contributed by atoms with E-state index in [4.69, 9.17) is 9.51 Å². The molecule has 4 heterocycles. The maximum absolute atomic E-state index is 9.94. The van der Waals surface area contributed by atoms with Crippen LogP contribution in [-0.4, -0.2) is 33.2 Å². The number of nitrogens with one attached hydrogen (secondary N) is 1. The Morgan fingerprint density at radius 2 is 1.88 bits per heavy atom. The third-order valence-electron chi connectivity index (χ3n) is 6.34. The fraction of sp³-hybridized carbons (Fsp3) is 0.269. The summed E-state index contributed by atoms with van der Waals surface area (Å²) in [6.45, 7) is 5.57. The van der Waals surface area contributed by atoms with Crippen LogP contribution >= 0.6 is 0 Å². The number of nitrogens with zero attached hydrogens (tertiary/aromatic N) is 5. The lowest BCUT2D eigenvalue weighted by atomic mass is 9.77. The van der Waals surface area contributed by atoms with Crippen LogP contribution in [0, 0.1) is 25.2 Å². The number of aryl methyl sites for hydroxylation is 2. The van der Waals surface area contributed by atoms with Gasteiger partial charge in [-0.1, -0.05) is 29.4 Å². The standard InChI is InChI=1S/C26H24N6O.2H2/c1-17-5-3-4-6-20(17)21-14-23(33-32-21)25-18(2)30-15-22(31-25)19-7-10-29-24(13-19)26(16-27)8-11-28-12-9-26;;/h3-7,10,13-15,28H,8-9,11-12H2,1-2H3;2*1H. The molecule has 7 nitrogen and oxygen atoms in total. The first-order chi connectivity index (χ1) is 16.1. The molecule has 0 amide bonds. The van der Waals surface area contributed by atoms with E-state index in [1.165, 1.54) is 0 Å². The van der Waals surface area contributed by atoms with Gasteiger partial charge in [-0.3, -0.25) is 9.97 Å². The van der Waals surface area contributed by atoms with Crippen molar-refractivity contribution in [3.8, 4) is 40.0 Å². The van der Waals surface area contributed by atoms with Gasteiger partial charge < -0.3 is 9.84 Å². The molecule has 33 heavy (non-hydrogen) atoms. The van der Waals surface area contributed by atoms with Crippen LogP contribution in [0.3, 0.4) is 0 Å². The monoisotopic (exact) mass is 440 g/mol. The number of aromatic nitrogens is 4. The van der Waals surface area contributed by atoms with Gasteiger partial charge >= 0.3 is 0 Å². The van der Waals surface area contributed by atoms with Crippen molar-refractivity contribution in [1.29, 1.82) is 5.26 Å². The average molecular weight is 441 g/mol. The van der Waals surface area contributed by atoms with E-state index in [9.17, 15) is 5.26 Å². The summed E-state index contributed by atoms with van der Waals surface area (Å²) in [4.78, 5) is 14.0. The quantitative estimate of drug-likeness (QED) is 0.470. The smallest absolute Gasteiger partial charge is 0.187 e. The molecule has 0 spiro atoms. The van der Waals surface area contributed by atoms with Crippen LogP contribution in [0.1, 0.15) is 32.6 Å². The molecule has 1 aromatic carbocycles. The van der Waals surface area contributed by atoms with Crippen LogP contribution in [0.15, 0.2) is 59.4 Å². The molecule has 0 unspecified atom stereocenters. The molecule has 5 rings (SSSR count). The van der Waals surface area contributed by atoms with E-state index >= 15 is 0 Å². The molecular formula is C26H28N6O. The van der Waals surface area contributed by atoms with Gasteiger partial charge in [0.25, 0.3) is 0 Å². The largest absolute Gasteiger partial charge is 0.354 e. The van der Waals surface area contributed by atoms with E-state index in [0.717, 1.165) is 59.7 Å². The zero-order valence-corrected chi connectivity index (χ0v) is 18.7. The zero-order valence-electron chi connectivity index (χ0n) is 18.7. The van der Waals surface area contributed by atoms with Gasteiger partial charge in [-0.15, -0.1) is 0 Å². The minimum Gasteiger partial charge on any atom is -0.354 e. The lowest BCUT2D eigenvalue weighted by molar-refractivity contribution is 0.375. The molecule has 4 aromatic rings. The summed E-state index contributed by atoms with van der Waals surface area (Å²) in [6, 6.07) is 16.4. The SMILES string of the molecule is Cc1ccccc1-c1cc(-c2nc(-c3ccnc(C4(C#N)CCNCC4)c3)cnc2C)on1.[HH].[HH]. The second kappa shape index (κ2) is 8.57. The van der Waals surface area contributed by atoms with Gasteiger partial charge in [-0.05, 0) is 57.5 Å². The Kier molecular flexibility index (Phi) is 5.45. The van der Waals surface area contributed by atoms with Crippen LogP contribution < -0.4 is 5.32 Å². The second-order valence-electron chi connectivity index (χ2n) is 8.45. The molecule has 1 fully saturated rings. The Hall–Kier alpha value is -3.89. The minimum atomic E-state index is -0.574. The number of benzene rings is 1. The predicted octanol–water partition coefficient (Wildman–Crippen LogP) is 5.11. The third-order valence-corrected chi connectivity index (χ3v) is 6.34. The first kappa shape index (κ1) is 21.0. The first-order valence-electron chi connectivity index (χ1n) is 11.1. The van der Waals surface area contributed by atoms with Crippen molar-refractivity contribution in [3.63, 3.8) is 0 Å². The zero-order chi connectivity index (χ0) is 22.8. The molecule has 0 radical (unpaired) electrons. The van der Waals surface area contributed by atoms with Gasteiger partial charge in [-0.25, -0.2) is 4.98 Å². The molecule has 0 bridgehead atoms. The fourth-order valence-electron chi connectivity index (χ4n) is 4.33. The highest BCUT2D eigenvalue weighted by molar-refractivity contribution is 5.70. The normalized spacial score (nSPS) is 15.2. The summed E-state index contributed by atoms with van der Waals surface area (Å²) in [7, 11) is 0. The van der Waals surface area contributed by atoms with Crippen molar-refractivity contribution in [3.05, 3.63) is 71.8 Å².